The smallest absolute Gasteiger partial charge is 0.134 e. The lowest BCUT2D eigenvalue weighted by Crippen LogP contribution is -2.15. The summed E-state index contributed by atoms with van der Waals surface area (Å²) in [5.41, 5.74) is 6.31. The maximum Gasteiger partial charge on any atom is 0.134 e. The fourth-order valence-corrected chi connectivity index (χ4v) is 1.85. The van der Waals surface area contributed by atoms with Gasteiger partial charge in [0.15, 0.2) is 0 Å². The molecule has 0 fully saturated rings. The number of rotatable bonds is 7. The Kier molecular flexibility index (Phi) is 5.12. The summed E-state index contributed by atoms with van der Waals surface area (Å²) in [4.78, 5) is 0. The minimum absolute atomic E-state index is 0.239. The Morgan fingerprint density at radius 1 is 1.05 bits per heavy atom. The normalized spacial score (nSPS) is 10.8. The molecule has 2 aromatic rings. The predicted octanol–water partition coefficient (Wildman–Crippen LogP) is 2.91. The number of furan rings is 1. The number of nitrogens with two attached hydrogens (primary N) is 1. The molecular weight excluding hydrogens is 243 g/mol. The highest BCUT2D eigenvalue weighted by molar-refractivity contribution is 5.57. The molecule has 0 bridgehead atoms. The highest BCUT2D eigenvalue weighted by Crippen LogP contribution is 2.22. The van der Waals surface area contributed by atoms with E-state index in [1.54, 1.807) is 12.1 Å². The van der Waals surface area contributed by atoms with Gasteiger partial charge in [0, 0.05) is 5.56 Å². The first-order chi connectivity index (χ1) is 9.29. The Hall–Kier alpha value is -1.65. The van der Waals surface area contributed by atoms with Crippen molar-refractivity contribution in [3.63, 3.8) is 0 Å². The molecule has 0 aliphatic heterocycles. The molecule has 3 N–H and O–H groups in total. The summed E-state index contributed by atoms with van der Waals surface area (Å²) in [5.74, 6) is 1.41. The lowest BCUT2D eigenvalue weighted by molar-refractivity contribution is 0.489. The van der Waals surface area contributed by atoms with Crippen LogP contribution < -0.4 is 11.1 Å². The third-order valence-corrected chi connectivity index (χ3v) is 2.90. The first-order valence-corrected chi connectivity index (χ1v) is 6.55. The van der Waals surface area contributed by atoms with Crippen LogP contribution in [0.2, 0.25) is 0 Å². The van der Waals surface area contributed by atoms with Crippen molar-refractivity contribution in [3.05, 3.63) is 48.0 Å². The van der Waals surface area contributed by atoms with E-state index in [1.807, 2.05) is 12.1 Å². The van der Waals surface area contributed by atoms with Crippen LogP contribution in [-0.2, 0) is 6.54 Å². The molecule has 102 valence electrons. The minimum atomic E-state index is -0.239. The summed E-state index contributed by atoms with van der Waals surface area (Å²) in [5, 5.41) is 3.30. The van der Waals surface area contributed by atoms with Gasteiger partial charge in [0.2, 0.25) is 0 Å². The maximum absolute atomic E-state index is 12.8. The zero-order chi connectivity index (χ0) is 13.5. The SMILES string of the molecule is NCCCCNCc1ccc(-c2ccc(F)cc2)o1. The van der Waals surface area contributed by atoms with Crippen LogP contribution in [-0.4, -0.2) is 13.1 Å². The molecule has 2 rings (SSSR count). The summed E-state index contributed by atoms with van der Waals surface area (Å²) in [6.07, 6.45) is 2.11. The number of benzene rings is 1. The number of hydrogen-bond donors (Lipinski definition) is 2. The Labute approximate surface area is 112 Å². The van der Waals surface area contributed by atoms with Gasteiger partial charge in [-0.15, -0.1) is 0 Å². The van der Waals surface area contributed by atoms with E-state index in [0.29, 0.717) is 6.54 Å². The number of nitrogens with one attached hydrogen (secondary N) is 1. The van der Waals surface area contributed by atoms with Gasteiger partial charge in [-0.1, -0.05) is 0 Å². The molecule has 0 saturated carbocycles. The average Bonchev–Trinajstić information content (AvgIpc) is 2.88. The second-order valence-corrected chi connectivity index (χ2v) is 4.45. The molecule has 3 nitrogen and oxygen atoms in total. The molecule has 0 saturated heterocycles. The molecule has 1 heterocycles. The van der Waals surface area contributed by atoms with Crippen LogP contribution >= 0.6 is 0 Å². The molecule has 4 heteroatoms. The lowest BCUT2D eigenvalue weighted by Gasteiger charge is -2.01. The summed E-state index contributed by atoms with van der Waals surface area (Å²) in [7, 11) is 0. The van der Waals surface area contributed by atoms with E-state index in [2.05, 4.69) is 5.32 Å². The van der Waals surface area contributed by atoms with Crippen molar-refractivity contribution in [2.75, 3.05) is 13.1 Å². The lowest BCUT2D eigenvalue weighted by atomic mass is 10.2. The molecule has 0 aliphatic carbocycles. The van der Waals surface area contributed by atoms with Crippen molar-refractivity contribution < 1.29 is 8.81 Å². The molecule has 0 atom stereocenters. The number of halogens is 1. The predicted molar refractivity (Wildman–Crippen MR) is 74.1 cm³/mol. The second kappa shape index (κ2) is 7.07. The van der Waals surface area contributed by atoms with Crippen LogP contribution in [0.1, 0.15) is 18.6 Å². The number of unbranched alkanes of at least 4 members (excludes halogenated alkanes) is 1. The molecule has 0 radical (unpaired) electrons. The Balaban J connectivity index is 1.86. The zero-order valence-corrected chi connectivity index (χ0v) is 10.9. The Morgan fingerprint density at radius 2 is 1.84 bits per heavy atom. The van der Waals surface area contributed by atoms with Crippen LogP contribution in [0, 0.1) is 5.82 Å². The van der Waals surface area contributed by atoms with Crippen LogP contribution in [0.25, 0.3) is 11.3 Å². The largest absolute Gasteiger partial charge is 0.460 e. The van der Waals surface area contributed by atoms with E-state index >= 15 is 0 Å². The van der Waals surface area contributed by atoms with Crippen LogP contribution in [0.5, 0.6) is 0 Å². The van der Waals surface area contributed by atoms with Gasteiger partial charge in [-0.3, -0.25) is 0 Å². The monoisotopic (exact) mass is 262 g/mol. The standard InChI is InChI=1S/C15H19FN2O/c16-13-5-3-12(4-6-13)15-8-7-14(19-15)11-18-10-2-1-9-17/h3-8,18H,1-2,9-11,17H2. The topological polar surface area (TPSA) is 51.2 Å². The Morgan fingerprint density at radius 3 is 2.58 bits per heavy atom. The van der Waals surface area contributed by atoms with Crippen molar-refractivity contribution in [1.29, 1.82) is 0 Å². The van der Waals surface area contributed by atoms with Crippen molar-refractivity contribution in [3.8, 4) is 11.3 Å². The van der Waals surface area contributed by atoms with E-state index in [1.165, 1.54) is 12.1 Å². The van der Waals surface area contributed by atoms with E-state index in [0.717, 1.165) is 43.0 Å². The van der Waals surface area contributed by atoms with Gasteiger partial charge in [-0.05, 0) is 62.3 Å². The molecule has 1 aromatic heterocycles. The van der Waals surface area contributed by atoms with Gasteiger partial charge < -0.3 is 15.5 Å². The summed E-state index contributed by atoms with van der Waals surface area (Å²) >= 11 is 0. The van der Waals surface area contributed by atoms with Crippen molar-refractivity contribution >= 4 is 0 Å². The molecule has 1 aromatic carbocycles. The van der Waals surface area contributed by atoms with Gasteiger partial charge in [-0.2, -0.15) is 0 Å². The molecule has 0 amide bonds. The molecule has 0 aliphatic rings. The van der Waals surface area contributed by atoms with Crippen molar-refractivity contribution in [1.82, 2.24) is 5.32 Å². The van der Waals surface area contributed by atoms with Crippen molar-refractivity contribution in [2.45, 2.75) is 19.4 Å². The van der Waals surface area contributed by atoms with E-state index in [9.17, 15) is 4.39 Å². The maximum atomic E-state index is 12.8. The molecule has 0 spiro atoms. The molecular formula is C15H19FN2O. The molecule has 19 heavy (non-hydrogen) atoms. The average molecular weight is 262 g/mol. The van der Waals surface area contributed by atoms with E-state index < -0.39 is 0 Å². The third-order valence-electron chi connectivity index (χ3n) is 2.90. The minimum Gasteiger partial charge on any atom is -0.460 e. The highest BCUT2D eigenvalue weighted by Gasteiger charge is 2.04. The Bertz CT molecular complexity index is 493. The van der Waals surface area contributed by atoms with Gasteiger partial charge in [0.05, 0.1) is 6.54 Å². The van der Waals surface area contributed by atoms with Gasteiger partial charge in [-0.25, -0.2) is 4.39 Å². The first kappa shape index (κ1) is 13.8. The summed E-state index contributed by atoms with van der Waals surface area (Å²) < 4.78 is 18.5. The number of hydrogen-bond acceptors (Lipinski definition) is 3. The van der Waals surface area contributed by atoms with E-state index in [-0.39, 0.29) is 5.82 Å². The zero-order valence-electron chi connectivity index (χ0n) is 10.9. The van der Waals surface area contributed by atoms with Crippen LogP contribution in [0.15, 0.2) is 40.8 Å². The first-order valence-electron chi connectivity index (χ1n) is 6.55. The molecule has 0 unspecified atom stereocenters. The van der Waals surface area contributed by atoms with Crippen LogP contribution in [0.4, 0.5) is 4.39 Å². The van der Waals surface area contributed by atoms with E-state index in [4.69, 9.17) is 10.2 Å². The fraction of sp³-hybridized carbons (Fsp3) is 0.333. The van der Waals surface area contributed by atoms with Gasteiger partial charge in [0.25, 0.3) is 0 Å². The van der Waals surface area contributed by atoms with Crippen LogP contribution in [0.3, 0.4) is 0 Å². The second-order valence-electron chi connectivity index (χ2n) is 4.45. The van der Waals surface area contributed by atoms with Gasteiger partial charge in [0.1, 0.15) is 17.3 Å². The van der Waals surface area contributed by atoms with Gasteiger partial charge >= 0.3 is 0 Å². The summed E-state index contributed by atoms with van der Waals surface area (Å²) in [6, 6.07) is 10.1. The fourth-order valence-electron chi connectivity index (χ4n) is 1.85. The van der Waals surface area contributed by atoms with Crippen molar-refractivity contribution in [2.24, 2.45) is 5.73 Å². The third kappa shape index (κ3) is 4.19. The summed E-state index contributed by atoms with van der Waals surface area (Å²) in [6.45, 7) is 2.37. The quantitative estimate of drug-likeness (QED) is 0.754. The highest BCUT2D eigenvalue weighted by atomic mass is 19.1.